The monoisotopic (exact) mass is 423 g/mol. The fraction of sp³-hybridized carbons (Fsp3) is 0.448. The zero-order valence-electron chi connectivity index (χ0n) is 21.0. The SMILES string of the molecule is CC(C)c1cccc(C(C)C)c1.CC(C)c1cccc(F)c1.Cc1c[nH]c(C(C)C)c1. The van der Waals surface area contributed by atoms with Gasteiger partial charge in [-0.1, -0.05) is 91.8 Å². The molecule has 0 unspecified atom stereocenters. The Labute approximate surface area is 190 Å². The second-order valence-electron chi connectivity index (χ2n) is 9.48. The highest BCUT2D eigenvalue weighted by Gasteiger charge is 2.02. The van der Waals surface area contributed by atoms with E-state index in [0.29, 0.717) is 23.7 Å². The smallest absolute Gasteiger partial charge is 0.123 e. The van der Waals surface area contributed by atoms with Crippen molar-refractivity contribution in [1.29, 1.82) is 0 Å². The fourth-order valence-electron chi connectivity index (χ4n) is 3.00. The number of nitrogens with one attached hydrogen (secondary N) is 1. The quantitative estimate of drug-likeness (QED) is 0.430. The second kappa shape index (κ2) is 13.1. The average Bonchev–Trinajstić information content (AvgIpc) is 3.16. The molecule has 0 aliphatic carbocycles. The third kappa shape index (κ3) is 10.0. The van der Waals surface area contributed by atoms with Crippen molar-refractivity contribution in [3.05, 3.63) is 94.6 Å². The minimum atomic E-state index is -0.147. The summed E-state index contributed by atoms with van der Waals surface area (Å²) < 4.78 is 12.5. The predicted molar refractivity (Wildman–Crippen MR) is 135 cm³/mol. The number of aryl methyl sites for hydroxylation is 1. The van der Waals surface area contributed by atoms with Crippen LogP contribution in [0.3, 0.4) is 0 Å². The molecule has 0 saturated carbocycles. The Morgan fingerprint density at radius 3 is 1.35 bits per heavy atom. The zero-order valence-corrected chi connectivity index (χ0v) is 21.0. The molecule has 2 aromatic carbocycles. The standard InChI is InChI=1S/C12H18.C9H11F.C8H13N/c1-9(2)11-6-5-7-12(8-11)10(3)4;1-7(2)8-4-3-5-9(10)6-8;1-6(2)8-4-7(3)5-9-8/h5-10H,1-4H3;3-7H,1-2H3;4-6,9H,1-3H3. The molecular formula is C29H42FN. The molecule has 0 atom stereocenters. The molecule has 0 spiro atoms. The van der Waals surface area contributed by atoms with Crippen LogP contribution in [-0.2, 0) is 0 Å². The van der Waals surface area contributed by atoms with Gasteiger partial charge in [0.2, 0.25) is 0 Å². The molecule has 0 radical (unpaired) electrons. The summed E-state index contributed by atoms with van der Waals surface area (Å²) in [5.41, 5.74) is 6.59. The van der Waals surface area contributed by atoms with E-state index in [1.165, 1.54) is 28.5 Å². The number of H-pyrrole nitrogens is 1. The van der Waals surface area contributed by atoms with Gasteiger partial charge in [0.25, 0.3) is 0 Å². The summed E-state index contributed by atoms with van der Waals surface area (Å²) in [6, 6.07) is 17.8. The third-order valence-corrected chi connectivity index (χ3v) is 5.23. The molecule has 1 N–H and O–H groups in total. The first-order valence-corrected chi connectivity index (χ1v) is 11.5. The van der Waals surface area contributed by atoms with E-state index in [4.69, 9.17) is 0 Å². The minimum Gasteiger partial charge on any atom is -0.365 e. The fourth-order valence-corrected chi connectivity index (χ4v) is 3.00. The van der Waals surface area contributed by atoms with E-state index in [-0.39, 0.29) is 5.82 Å². The second-order valence-corrected chi connectivity index (χ2v) is 9.48. The number of rotatable bonds is 4. The Bertz CT molecular complexity index is 864. The summed E-state index contributed by atoms with van der Waals surface area (Å²) >= 11 is 0. The van der Waals surface area contributed by atoms with E-state index in [2.05, 4.69) is 97.6 Å². The minimum absolute atomic E-state index is 0.147. The highest BCUT2D eigenvalue weighted by Crippen LogP contribution is 2.20. The lowest BCUT2D eigenvalue weighted by Crippen LogP contribution is -1.91. The number of hydrogen-bond acceptors (Lipinski definition) is 0. The normalized spacial score (nSPS) is 10.8. The van der Waals surface area contributed by atoms with Crippen LogP contribution in [-0.4, -0.2) is 4.98 Å². The van der Waals surface area contributed by atoms with E-state index in [0.717, 1.165) is 5.56 Å². The highest BCUT2D eigenvalue weighted by molar-refractivity contribution is 5.27. The van der Waals surface area contributed by atoms with E-state index < -0.39 is 0 Å². The summed E-state index contributed by atoms with van der Waals surface area (Å²) in [6.07, 6.45) is 2.04. The van der Waals surface area contributed by atoms with Gasteiger partial charge < -0.3 is 4.98 Å². The molecule has 31 heavy (non-hydrogen) atoms. The molecule has 170 valence electrons. The molecular weight excluding hydrogens is 381 g/mol. The van der Waals surface area contributed by atoms with Crippen LogP contribution in [0.15, 0.2) is 60.8 Å². The average molecular weight is 424 g/mol. The summed E-state index contributed by atoms with van der Waals surface area (Å²) in [5.74, 6) is 2.17. The van der Waals surface area contributed by atoms with Crippen molar-refractivity contribution in [2.45, 2.75) is 86.0 Å². The maximum atomic E-state index is 12.5. The van der Waals surface area contributed by atoms with Crippen molar-refractivity contribution in [1.82, 2.24) is 4.98 Å². The van der Waals surface area contributed by atoms with Crippen LogP contribution in [0.25, 0.3) is 0 Å². The van der Waals surface area contributed by atoms with E-state index >= 15 is 0 Å². The topological polar surface area (TPSA) is 15.8 Å². The van der Waals surface area contributed by atoms with Crippen molar-refractivity contribution in [2.75, 3.05) is 0 Å². The van der Waals surface area contributed by atoms with Crippen molar-refractivity contribution < 1.29 is 4.39 Å². The lowest BCUT2D eigenvalue weighted by atomic mass is 9.96. The Balaban J connectivity index is 0.000000235. The van der Waals surface area contributed by atoms with E-state index in [9.17, 15) is 4.39 Å². The van der Waals surface area contributed by atoms with E-state index in [1.807, 2.05) is 12.3 Å². The molecule has 0 fully saturated rings. The van der Waals surface area contributed by atoms with Crippen LogP contribution in [0, 0.1) is 12.7 Å². The molecule has 0 amide bonds. The number of aromatic nitrogens is 1. The zero-order chi connectivity index (χ0) is 23.6. The van der Waals surface area contributed by atoms with Gasteiger partial charge in [0.05, 0.1) is 0 Å². The van der Waals surface area contributed by atoms with Crippen LogP contribution in [0.1, 0.15) is 107 Å². The molecule has 0 bridgehead atoms. The molecule has 0 aliphatic heterocycles. The van der Waals surface area contributed by atoms with Crippen LogP contribution in [0.5, 0.6) is 0 Å². The Morgan fingerprint density at radius 1 is 0.613 bits per heavy atom. The molecule has 2 heteroatoms. The molecule has 0 saturated heterocycles. The number of benzene rings is 2. The summed E-state index contributed by atoms with van der Waals surface area (Å²) in [7, 11) is 0. The first-order valence-electron chi connectivity index (χ1n) is 11.5. The van der Waals surface area contributed by atoms with Gasteiger partial charge in [0, 0.05) is 11.9 Å². The Kier molecular flexibility index (Phi) is 11.3. The van der Waals surface area contributed by atoms with Crippen LogP contribution < -0.4 is 0 Å². The lowest BCUT2D eigenvalue weighted by Gasteiger charge is -2.09. The van der Waals surface area contributed by atoms with E-state index in [1.54, 1.807) is 12.1 Å². The van der Waals surface area contributed by atoms with Gasteiger partial charge in [0.1, 0.15) is 5.82 Å². The lowest BCUT2D eigenvalue weighted by molar-refractivity contribution is 0.623. The first kappa shape index (κ1) is 26.7. The number of aromatic amines is 1. The largest absolute Gasteiger partial charge is 0.365 e. The van der Waals surface area contributed by atoms with Gasteiger partial charge in [-0.2, -0.15) is 0 Å². The first-order chi connectivity index (χ1) is 14.5. The van der Waals surface area contributed by atoms with Crippen molar-refractivity contribution in [3.63, 3.8) is 0 Å². The van der Waals surface area contributed by atoms with Crippen LogP contribution in [0.4, 0.5) is 4.39 Å². The summed E-state index contributed by atoms with van der Waals surface area (Å²) in [6.45, 7) is 19.5. The Morgan fingerprint density at radius 2 is 1.06 bits per heavy atom. The third-order valence-electron chi connectivity index (χ3n) is 5.23. The van der Waals surface area contributed by atoms with Crippen LogP contribution >= 0.6 is 0 Å². The summed E-state index contributed by atoms with van der Waals surface area (Å²) in [4.78, 5) is 3.20. The number of halogens is 1. The molecule has 1 heterocycles. The number of hydrogen-bond donors (Lipinski definition) is 1. The molecule has 0 aliphatic rings. The van der Waals surface area contributed by atoms with Gasteiger partial charge in [-0.25, -0.2) is 4.39 Å². The van der Waals surface area contributed by atoms with Gasteiger partial charge in [-0.05, 0) is 71.0 Å². The summed E-state index contributed by atoms with van der Waals surface area (Å²) in [5, 5.41) is 0. The van der Waals surface area contributed by atoms with Crippen molar-refractivity contribution in [3.8, 4) is 0 Å². The highest BCUT2D eigenvalue weighted by atomic mass is 19.1. The van der Waals surface area contributed by atoms with Gasteiger partial charge in [-0.15, -0.1) is 0 Å². The Hall–Kier alpha value is -2.35. The molecule has 3 rings (SSSR count). The maximum Gasteiger partial charge on any atom is 0.123 e. The van der Waals surface area contributed by atoms with Gasteiger partial charge >= 0.3 is 0 Å². The molecule has 3 aromatic rings. The van der Waals surface area contributed by atoms with Gasteiger partial charge in [0.15, 0.2) is 0 Å². The molecule has 1 nitrogen and oxygen atoms in total. The maximum absolute atomic E-state index is 12.5. The van der Waals surface area contributed by atoms with Crippen LogP contribution in [0.2, 0.25) is 0 Å². The predicted octanol–water partition coefficient (Wildman–Crippen LogP) is 9.33. The van der Waals surface area contributed by atoms with Crippen molar-refractivity contribution in [2.24, 2.45) is 0 Å². The molecule has 1 aromatic heterocycles. The van der Waals surface area contributed by atoms with Gasteiger partial charge in [-0.3, -0.25) is 0 Å². The van der Waals surface area contributed by atoms with Crippen molar-refractivity contribution >= 4 is 0 Å².